The average Bonchev–Trinajstić information content (AvgIpc) is 3.79. The van der Waals surface area contributed by atoms with Crippen molar-refractivity contribution in [3.8, 4) is 22.3 Å². The number of amides is 2. The Morgan fingerprint density at radius 1 is 0.542 bits per heavy atom. The number of Topliss-reactive ketones (excluding diaryl/α,β-unsaturated/α-hetero) is 1. The van der Waals surface area contributed by atoms with Crippen LogP contribution in [0, 0.1) is 11.8 Å². The van der Waals surface area contributed by atoms with Crippen molar-refractivity contribution in [3.05, 3.63) is 205 Å². The third-order valence-electron chi connectivity index (χ3n) is 11.3. The second-order valence-electron chi connectivity index (χ2n) is 15.7. The minimum atomic E-state index is -0.552. The predicted molar refractivity (Wildman–Crippen MR) is 241 cm³/mol. The normalized spacial score (nSPS) is 17.8. The number of rotatable bonds is 12. The lowest BCUT2D eigenvalue weighted by Crippen LogP contribution is -2.32. The van der Waals surface area contributed by atoms with Crippen molar-refractivity contribution in [2.24, 2.45) is 11.8 Å². The van der Waals surface area contributed by atoms with Gasteiger partial charge in [-0.2, -0.15) is 0 Å². The second-order valence-corrected chi connectivity index (χ2v) is 15.7. The van der Waals surface area contributed by atoms with E-state index in [0.717, 1.165) is 30.4 Å². The van der Waals surface area contributed by atoms with Gasteiger partial charge in [-0.05, 0) is 82.3 Å². The number of ketones is 1. The molecule has 2 fully saturated rings. The fraction of sp³-hybridized carbons (Fsp3) is 0.204. The number of hydrogen-bond acceptors (Lipinski definition) is 3. The summed E-state index contributed by atoms with van der Waals surface area (Å²) < 4.78 is 0. The Hall–Kier alpha value is -6.59. The molecule has 5 nitrogen and oxygen atoms in total. The Balaban J connectivity index is 0.000000181. The zero-order valence-corrected chi connectivity index (χ0v) is 33.9. The van der Waals surface area contributed by atoms with E-state index in [1.54, 1.807) is 4.90 Å². The van der Waals surface area contributed by atoms with Crippen LogP contribution in [-0.4, -0.2) is 39.5 Å². The van der Waals surface area contributed by atoms with Crippen LogP contribution < -0.4 is 0 Å². The number of carbonyl (C=O) groups excluding carboxylic acids is 3. The van der Waals surface area contributed by atoms with Crippen LogP contribution >= 0.6 is 0 Å². The summed E-state index contributed by atoms with van der Waals surface area (Å²) in [6, 6.07) is 58.2. The molecule has 0 radical (unpaired) electrons. The Bertz CT molecular complexity index is 2340. The molecule has 6 aromatic rings. The first-order valence-corrected chi connectivity index (χ1v) is 20.7. The lowest BCUT2D eigenvalue weighted by Gasteiger charge is -2.21. The fourth-order valence-corrected chi connectivity index (χ4v) is 7.96. The van der Waals surface area contributed by atoms with Gasteiger partial charge in [-0.1, -0.05) is 184 Å². The summed E-state index contributed by atoms with van der Waals surface area (Å²) in [5, 5.41) is 0. The highest BCUT2D eigenvalue weighted by molar-refractivity contribution is 6.04. The van der Waals surface area contributed by atoms with Crippen LogP contribution in [0.15, 0.2) is 182 Å². The minimum Gasteiger partial charge on any atom is -0.316 e. The van der Waals surface area contributed by atoms with E-state index >= 15 is 0 Å². The Labute approximate surface area is 349 Å². The van der Waals surface area contributed by atoms with Crippen LogP contribution in [0.25, 0.3) is 34.4 Å². The molecule has 296 valence electrons. The van der Waals surface area contributed by atoms with Crippen molar-refractivity contribution in [1.82, 2.24) is 9.80 Å². The molecule has 0 spiro atoms. The smallest absolute Gasteiger partial charge is 0.237 e. The topological polar surface area (TPSA) is 57.7 Å². The lowest BCUT2D eigenvalue weighted by atomic mass is 9.91. The molecule has 2 heterocycles. The highest BCUT2D eigenvalue weighted by atomic mass is 16.2. The predicted octanol–water partition coefficient (Wildman–Crippen LogP) is 11.6. The summed E-state index contributed by atoms with van der Waals surface area (Å²) in [4.78, 5) is 41.9. The molecular weight excluding hydrogens is 725 g/mol. The summed E-state index contributed by atoms with van der Waals surface area (Å²) in [7, 11) is 0. The van der Waals surface area contributed by atoms with Crippen molar-refractivity contribution < 1.29 is 14.4 Å². The first-order valence-electron chi connectivity index (χ1n) is 20.7. The van der Waals surface area contributed by atoms with Gasteiger partial charge in [-0.15, -0.1) is 0 Å². The van der Waals surface area contributed by atoms with E-state index in [1.165, 1.54) is 33.4 Å². The third kappa shape index (κ3) is 10.7. The monoisotopic (exact) mass is 776 g/mol. The largest absolute Gasteiger partial charge is 0.316 e. The fourth-order valence-electron chi connectivity index (χ4n) is 7.96. The Morgan fingerprint density at radius 3 is 1.41 bits per heavy atom. The molecule has 2 aliphatic rings. The van der Waals surface area contributed by atoms with Crippen molar-refractivity contribution in [1.29, 1.82) is 0 Å². The van der Waals surface area contributed by atoms with Gasteiger partial charge in [0.2, 0.25) is 11.8 Å². The van der Waals surface area contributed by atoms with E-state index < -0.39 is 5.92 Å². The quantitative estimate of drug-likeness (QED) is 0.116. The number of likely N-dealkylation sites (tertiary alicyclic amines) is 2. The molecule has 2 amide bonds. The Kier molecular flexibility index (Phi) is 13.6. The zero-order chi connectivity index (χ0) is 41.0. The molecule has 6 aromatic carbocycles. The van der Waals surface area contributed by atoms with Gasteiger partial charge in [0.1, 0.15) is 5.78 Å². The second kappa shape index (κ2) is 19.7. The summed E-state index contributed by atoms with van der Waals surface area (Å²) in [5.74, 6) is -0.526. The van der Waals surface area contributed by atoms with E-state index in [0.29, 0.717) is 12.8 Å². The highest BCUT2D eigenvalue weighted by Crippen LogP contribution is 2.32. The van der Waals surface area contributed by atoms with Crippen LogP contribution in [0.3, 0.4) is 0 Å². The van der Waals surface area contributed by atoms with Crippen molar-refractivity contribution >= 4 is 29.7 Å². The number of benzene rings is 6. The standard InChI is InChI=1S/C29H29NO2.C25H23NO/c1-21(2)28(31)27-20-26(30(29(27)32)18-17-22-9-5-3-6-10-22)19-23-13-15-25(16-14-23)24-11-7-4-8-12-24;27-25-16-15-24(26(25)18-17-20-7-3-1-4-8-20)19-21-11-13-23(14-12-21)22-9-5-2-6-10-22/h3-18,21,26-27H,19-20H2,1-2H3;1-14,17-18,24H,15-16,19H2/b2*18-17+/t26-,27?;24-/m10/s1. The van der Waals surface area contributed by atoms with Gasteiger partial charge in [-0.25, -0.2) is 0 Å². The summed E-state index contributed by atoms with van der Waals surface area (Å²) >= 11 is 0. The first kappa shape index (κ1) is 40.6. The molecule has 2 saturated heterocycles. The van der Waals surface area contributed by atoms with Gasteiger partial charge in [0.15, 0.2) is 0 Å². The highest BCUT2D eigenvalue weighted by Gasteiger charge is 2.42. The first-order chi connectivity index (χ1) is 28.8. The molecular formula is C54H52N2O3. The van der Waals surface area contributed by atoms with Crippen LogP contribution in [0.4, 0.5) is 0 Å². The summed E-state index contributed by atoms with van der Waals surface area (Å²) in [6.45, 7) is 3.74. The van der Waals surface area contributed by atoms with E-state index in [4.69, 9.17) is 0 Å². The van der Waals surface area contributed by atoms with Gasteiger partial charge in [-0.3, -0.25) is 14.4 Å². The maximum atomic E-state index is 13.2. The van der Waals surface area contributed by atoms with Gasteiger partial charge >= 0.3 is 0 Å². The van der Waals surface area contributed by atoms with E-state index in [-0.39, 0.29) is 35.6 Å². The van der Waals surface area contributed by atoms with Gasteiger partial charge in [0.05, 0.1) is 5.92 Å². The summed E-state index contributed by atoms with van der Waals surface area (Å²) in [6.07, 6.45) is 11.5. The van der Waals surface area contributed by atoms with Crippen LogP contribution in [0.2, 0.25) is 0 Å². The molecule has 0 bridgehead atoms. The maximum absolute atomic E-state index is 13.2. The number of hydrogen-bond donors (Lipinski definition) is 0. The van der Waals surface area contributed by atoms with Gasteiger partial charge < -0.3 is 9.80 Å². The zero-order valence-electron chi connectivity index (χ0n) is 33.9. The molecule has 3 atom stereocenters. The van der Waals surface area contributed by atoms with Gasteiger partial charge in [0, 0.05) is 36.8 Å². The molecule has 59 heavy (non-hydrogen) atoms. The molecule has 8 rings (SSSR count). The Morgan fingerprint density at radius 2 is 0.949 bits per heavy atom. The average molecular weight is 777 g/mol. The third-order valence-corrected chi connectivity index (χ3v) is 11.3. The van der Waals surface area contributed by atoms with Gasteiger partial charge in [0.25, 0.3) is 0 Å². The number of nitrogens with zero attached hydrogens (tertiary/aromatic N) is 2. The van der Waals surface area contributed by atoms with E-state index in [9.17, 15) is 14.4 Å². The maximum Gasteiger partial charge on any atom is 0.237 e. The molecule has 0 saturated carbocycles. The molecule has 1 unspecified atom stereocenters. The molecule has 0 N–H and O–H groups in total. The van der Waals surface area contributed by atoms with Crippen LogP contribution in [-0.2, 0) is 27.2 Å². The SMILES string of the molecule is CC(C)C(=O)C1C[C@@H](Cc2ccc(-c3ccccc3)cc2)N(/C=C/c2ccccc2)C1=O.O=C1CC[C@@H](Cc2ccc(-c3ccccc3)cc2)N1/C=C/c1ccccc1. The van der Waals surface area contributed by atoms with Crippen molar-refractivity contribution in [2.75, 3.05) is 0 Å². The molecule has 0 aromatic heterocycles. The lowest BCUT2D eigenvalue weighted by molar-refractivity contribution is -0.137. The van der Waals surface area contributed by atoms with Crippen molar-refractivity contribution in [2.45, 2.75) is 58.0 Å². The van der Waals surface area contributed by atoms with E-state index in [2.05, 4.69) is 84.9 Å². The van der Waals surface area contributed by atoms with E-state index in [1.807, 2.05) is 128 Å². The molecule has 5 heteroatoms. The van der Waals surface area contributed by atoms with Crippen LogP contribution in [0.1, 0.15) is 55.4 Å². The summed E-state index contributed by atoms with van der Waals surface area (Å²) in [5.41, 5.74) is 9.39. The molecule has 0 aliphatic carbocycles. The molecule has 2 aliphatic heterocycles. The van der Waals surface area contributed by atoms with Crippen LogP contribution in [0.5, 0.6) is 0 Å². The minimum absolute atomic E-state index is 0.0299. The number of carbonyl (C=O) groups is 3. The van der Waals surface area contributed by atoms with Crippen molar-refractivity contribution in [3.63, 3.8) is 0 Å².